The SMILES string of the molecule is c1ccc(-c2nc(-c3ccccc3)nc(-c3cc(-n4c5ccccc5c5cccc(-n6c7ccccc7c7ccccc76)c54)ccc3-c3ccccc3)n2)cc1. The number of para-hydroxylation sites is 4. The molecule has 0 saturated heterocycles. The Balaban J connectivity index is 1.23. The van der Waals surface area contributed by atoms with Gasteiger partial charge in [0.05, 0.1) is 27.8 Å². The molecule has 0 amide bonds. The van der Waals surface area contributed by atoms with Crippen molar-refractivity contribution in [2.24, 2.45) is 0 Å². The average molecular weight is 716 g/mol. The van der Waals surface area contributed by atoms with Gasteiger partial charge in [0.2, 0.25) is 0 Å². The molecule has 0 aliphatic heterocycles. The molecular weight excluding hydrogens is 683 g/mol. The topological polar surface area (TPSA) is 48.5 Å². The molecule has 8 aromatic carbocycles. The van der Waals surface area contributed by atoms with Gasteiger partial charge in [-0.25, -0.2) is 15.0 Å². The van der Waals surface area contributed by atoms with Gasteiger partial charge in [0, 0.05) is 43.9 Å². The fraction of sp³-hybridized carbons (Fsp3) is 0. The Morgan fingerprint density at radius 1 is 0.304 bits per heavy atom. The van der Waals surface area contributed by atoms with E-state index in [-0.39, 0.29) is 0 Å². The molecule has 0 spiro atoms. The molecule has 0 N–H and O–H groups in total. The molecule has 5 nitrogen and oxygen atoms in total. The molecule has 0 fully saturated rings. The molecule has 0 aliphatic rings. The minimum Gasteiger partial charge on any atom is -0.307 e. The molecule has 0 atom stereocenters. The van der Waals surface area contributed by atoms with Crippen LogP contribution in [-0.4, -0.2) is 24.1 Å². The number of nitrogens with zero attached hydrogens (tertiary/aromatic N) is 5. The Bertz CT molecular complexity index is 3120. The summed E-state index contributed by atoms with van der Waals surface area (Å²) in [5, 5.41) is 4.84. The molecule has 56 heavy (non-hydrogen) atoms. The van der Waals surface area contributed by atoms with Crippen molar-refractivity contribution in [3.63, 3.8) is 0 Å². The highest BCUT2D eigenvalue weighted by Crippen LogP contribution is 2.41. The monoisotopic (exact) mass is 715 g/mol. The van der Waals surface area contributed by atoms with Gasteiger partial charge in [-0.15, -0.1) is 0 Å². The van der Waals surface area contributed by atoms with Crippen molar-refractivity contribution >= 4 is 43.6 Å². The van der Waals surface area contributed by atoms with Gasteiger partial charge in [0.1, 0.15) is 0 Å². The Morgan fingerprint density at radius 2 is 0.750 bits per heavy atom. The summed E-state index contributed by atoms with van der Waals surface area (Å²) in [6.07, 6.45) is 0. The van der Waals surface area contributed by atoms with Crippen LogP contribution in [0.4, 0.5) is 0 Å². The summed E-state index contributed by atoms with van der Waals surface area (Å²) in [7, 11) is 0. The lowest BCUT2D eigenvalue weighted by molar-refractivity contribution is 1.07. The third-order valence-electron chi connectivity index (χ3n) is 10.8. The lowest BCUT2D eigenvalue weighted by Crippen LogP contribution is -2.03. The van der Waals surface area contributed by atoms with Crippen LogP contribution in [0.5, 0.6) is 0 Å². The number of benzene rings is 8. The van der Waals surface area contributed by atoms with E-state index in [4.69, 9.17) is 15.0 Å². The Hall–Kier alpha value is -7.63. The van der Waals surface area contributed by atoms with Gasteiger partial charge in [-0.1, -0.05) is 164 Å². The average Bonchev–Trinajstić information content (AvgIpc) is 3.80. The van der Waals surface area contributed by atoms with E-state index in [1.165, 1.54) is 32.6 Å². The molecule has 0 bridgehead atoms. The van der Waals surface area contributed by atoms with E-state index in [0.717, 1.165) is 50.2 Å². The summed E-state index contributed by atoms with van der Waals surface area (Å²) in [5.74, 6) is 1.87. The molecule has 3 aromatic heterocycles. The Morgan fingerprint density at radius 3 is 1.32 bits per heavy atom. The van der Waals surface area contributed by atoms with Crippen LogP contribution in [0.25, 0.3) is 100 Å². The smallest absolute Gasteiger partial charge is 0.164 e. The third-order valence-corrected chi connectivity index (χ3v) is 10.8. The minimum atomic E-state index is 0.613. The number of hydrogen-bond donors (Lipinski definition) is 0. The van der Waals surface area contributed by atoms with E-state index in [2.05, 4.69) is 173 Å². The summed E-state index contributed by atoms with van der Waals surface area (Å²) >= 11 is 0. The van der Waals surface area contributed by atoms with Crippen molar-refractivity contribution in [3.8, 4) is 56.7 Å². The normalized spacial score (nSPS) is 11.6. The van der Waals surface area contributed by atoms with Gasteiger partial charge in [-0.05, 0) is 47.5 Å². The first-order valence-electron chi connectivity index (χ1n) is 18.9. The van der Waals surface area contributed by atoms with Gasteiger partial charge < -0.3 is 9.13 Å². The lowest BCUT2D eigenvalue weighted by Gasteiger charge is -2.17. The highest BCUT2D eigenvalue weighted by atomic mass is 15.1. The third kappa shape index (κ3) is 5.13. The molecule has 3 heterocycles. The maximum Gasteiger partial charge on any atom is 0.164 e. The maximum atomic E-state index is 5.22. The standard InChI is InChI=1S/C51H33N5/c1-4-17-34(18-5-1)38-32-31-37(33-43(38)51-53-49(35-19-6-2-7-20-35)52-50(54-51)36-21-8-3-9-22-36)55-44-27-13-12-25-41(44)42-26-16-30-47(48(42)55)56-45-28-14-10-23-39(45)40-24-11-15-29-46(40)56/h1-33H. The van der Waals surface area contributed by atoms with Crippen LogP contribution < -0.4 is 0 Å². The van der Waals surface area contributed by atoms with Crippen LogP contribution in [0.2, 0.25) is 0 Å². The second kappa shape index (κ2) is 13.0. The molecule has 0 radical (unpaired) electrons. The largest absolute Gasteiger partial charge is 0.307 e. The van der Waals surface area contributed by atoms with Crippen molar-refractivity contribution in [2.45, 2.75) is 0 Å². The highest BCUT2D eigenvalue weighted by Gasteiger charge is 2.22. The quantitative estimate of drug-likeness (QED) is 0.172. The Labute approximate surface area is 323 Å². The van der Waals surface area contributed by atoms with Crippen LogP contribution in [0.3, 0.4) is 0 Å². The molecule has 262 valence electrons. The van der Waals surface area contributed by atoms with Gasteiger partial charge in [-0.2, -0.15) is 0 Å². The van der Waals surface area contributed by atoms with Crippen molar-refractivity contribution in [2.75, 3.05) is 0 Å². The number of fused-ring (bicyclic) bond motifs is 6. The number of aromatic nitrogens is 5. The van der Waals surface area contributed by atoms with E-state index in [9.17, 15) is 0 Å². The first kappa shape index (κ1) is 31.9. The first-order valence-corrected chi connectivity index (χ1v) is 18.9. The zero-order valence-electron chi connectivity index (χ0n) is 30.3. The van der Waals surface area contributed by atoms with Gasteiger partial charge >= 0.3 is 0 Å². The van der Waals surface area contributed by atoms with E-state index >= 15 is 0 Å². The summed E-state index contributed by atoms with van der Waals surface area (Å²) in [6, 6.07) is 70.3. The van der Waals surface area contributed by atoms with Gasteiger partial charge in [-0.3, -0.25) is 0 Å². The van der Waals surface area contributed by atoms with Gasteiger partial charge in [0.15, 0.2) is 17.5 Å². The van der Waals surface area contributed by atoms with Crippen LogP contribution in [0, 0.1) is 0 Å². The van der Waals surface area contributed by atoms with Crippen LogP contribution >= 0.6 is 0 Å². The molecule has 0 saturated carbocycles. The van der Waals surface area contributed by atoms with Crippen LogP contribution in [0.15, 0.2) is 200 Å². The maximum absolute atomic E-state index is 5.22. The Kier molecular flexibility index (Phi) is 7.42. The van der Waals surface area contributed by atoms with Crippen molar-refractivity contribution in [1.82, 2.24) is 24.1 Å². The summed E-state index contributed by atoms with van der Waals surface area (Å²) < 4.78 is 4.84. The summed E-state index contributed by atoms with van der Waals surface area (Å²) in [6.45, 7) is 0. The van der Waals surface area contributed by atoms with E-state index in [1.54, 1.807) is 0 Å². The summed E-state index contributed by atoms with van der Waals surface area (Å²) in [5.41, 5.74) is 11.6. The summed E-state index contributed by atoms with van der Waals surface area (Å²) in [4.78, 5) is 15.5. The fourth-order valence-corrected chi connectivity index (χ4v) is 8.29. The van der Waals surface area contributed by atoms with Crippen molar-refractivity contribution < 1.29 is 0 Å². The van der Waals surface area contributed by atoms with Crippen molar-refractivity contribution in [1.29, 1.82) is 0 Å². The zero-order valence-corrected chi connectivity index (χ0v) is 30.3. The second-order valence-electron chi connectivity index (χ2n) is 14.0. The number of hydrogen-bond acceptors (Lipinski definition) is 3. The van der Waals surface area contributed by atoms with Crippen LogP contribution in [-0.2, 0) is 0 Å². The fourth-order valence-electron chi connectivity index (χ4n) is 8.29. The predicted molar refractivity (Wildman–Crippen MR) is 230 cm³/mol. The van der Waals surface area contributed by atoms with E-state index < -0.39 is 0 Å². The number of rotatable bonds is 6. The second-order valence-corrected chi connectivity index (χ2v) is 14.0. The molecule has 0 aliphatic carbocycles. The molecule has 11 rings (SSSR count). The predicted octanol–water partition coefficient (Wildman–Crippen LogP) is 12.7. The lowest BCUT2D eigenvalue weighted by atomic mass is 9.98. The molecule has 5 heteroatoms. The van der Waals surface area contributed by atoms with Crippen LogP contribution in [0.1, 0.15) is 0 Å². The highest BCUT2D eigenvalue weighted by molar-refractivity contribution is 6.15. The molecule has 0 unspecified atom stereocenters. The minimum absolute atomic E-state index is 0.613. The van der Waals surface area contributed by atoms with Crippen molar-refractivity contribution in [3.05, 3.63) is 200 Å². The molecule has 11 aromatic rings. The van der Waals surface area contributed by atoms with E-state index in [1.807, 2.05) is 36.4 Å². The molecular formula is C51H33N5. The zero-order chi connectivity index (χ0) is 37.0. The first-order chi connectivity index (χ1) is 27.8. The van der Waals surface area contributed by atoms with Gasteiger partial charge in [0.25, 0.3) is 0 Å². The van der Waals surface area contributed by atoms with E-state index in [0.29, 0.717) is 17.5 Å².